The van der Waals surface area contributed by atoms with Crippen molar-refractivity contribution in [3.8, 4) is 0 Å². The molecule has 0 heterocycles. The zero-order chi connectivity index (χ0) is 44.4. The summed E-state index contributed by atoms with van der Waals surface area (Å²) in [5.41, 5.74) is 0. The van der Waals surface area contributed by atoms with E-state index in [4.69, 9.17) is 14.2 Å². The second-order valence-electron chi connectivity index (χ2n) is 15.7. The number of esters is 3. The lowest BCUT2D eigenvalue weighted by Gasteiger charge is -2.18. The van der Waals surface area contributed by atoms with Crippen LogP contribution < -0.4 is 0 Å². The highest BCUT2D eigenvalue weighted by Crippen LogP contribution is 2.12. The van der Waals surface area contributed by atoms with Crippen molar-refractivity contribution in [3.05, 3.63) is 109 Å². The van der Waals surface area contributed by atoms with Gasteiger partial charge in [-0.3, -0.25) is 14.4 Å². The van der Waals surface area contributed by atoms with Crippen LogP contribution in [0.15, 0.2) is 109 Å². The first-order valence-electron chi connectivity index (χ1n) is 24.5. The maximum absolute atomic E-state index is 12.8. The van der Waals surface area contributed by atoms with E-state index < -0.39 is 6.10 Å². The smallest absolute Gasteiger partial charge is 0.306 e. The van der Waals surface area contributed by atoms with Gasteiger partial charge in [-0.15, -0.1) is 0 Å². The lowest BCUT2D eigenvalue weighted by atomic mass is 10.1. The number of hydrogen-bond donors (Lipinski definition) is 0. The van der Waals surface area contributed by atoms with Crippen LogP contribution in [0.1, 0.15) is 201 Å². The minimum Gasteiger partial charge on any atom is -0.462 e. The van der Waals surface area contributed by atoms with Crippen LogP contribution in [0.2, 0.25) is 0 Å². The number of ether oxygens (including phenoxy) is 3. The van der Waals surface area contributed by atoms with Crippen LogP contribution in [0.25, 0.3) is 0 Å². The van der Waals surface area contributed by atoms with E-state index >= 15 is 0 Å². The normalized spacial score (nSPS) is 13.0. The third-order valence-electron chi connectivity index (χ3n) is 9.86. The highest BCUT2D eigenvalue weighted by molar-refractivity contribution is 5.71. The molecule has 0 rings (SSSR count). The minimum atomic E-state index is -0.818. The van der Waals surface area contributed by atoms with E-state index in [9.17, 15) is 14.4 Å². The Hall–Kier alpha value is -3.93. The predicted molar refractivity (Wildman–Crippen MR) is 260 cm³/mol. The average molecular weight is 845 g/mol. The van der Waals surface area contributed by atoms with Crippen molar-refractivity contribution < 1.29 is 28.6 Å². The van der Waals surface area contributed by atoms with Gasteiger partial charge >= 0.3 is 17.9 Å². The molecule has 0 aliphatic carbocycles. The SMILES string of the molecule is CC/C=C/C=C/C=C/C=C/CCCCCC(=O)OCC(COC(=O)CCCCC/C=C/C=C/CCCCCCCCC)OC(=O)CCCCCC/C=C/C/C=C/C/C=C/CC. The Bertz CT molecular complexity index is 1290. The van der Waals surface area contributed by atoms with Crippen LogP contribution >= 0.6 is 0 Å². The highest BCUT2D eigenvalue weighted by Gasteiger charge is 2.19. The summed E-state index contributed by atoms with van der Waals surface area (Å²) in [6, 6.07) is 0. The molecular formula is C55H88O6. The summed E-state index contributed by atoms with van der Waals surface area (Å²) in [7, 11) is 0. The van der Waals surface area contributed by atoms with E-state index in [1.807, 2.05) is 36.5 Å². The van der Waals surface area contributed by atoms with E-state index in [0.717, 1.165) is 116 Å². The fraction of sp³-hybridized carbons (Fsp3) is 0.618. The van der Waals surface area contributed by atoms with Gasteiger partial charge in [0.05, 0.1) is 0 Å². The van der Waals surface area contributed by atoms with Crippen molar-refractivity contribution >= 4 is 17.9 Å². The van der Waals surface area contributed by atoms with Gasteiger partial charge < -0.3 is 14.2 Å². The van der Waals surface area contributed by atoms with Gasteiger partial charge in [0.25, 0.3) is 0 Å². The van der Waals surface area contributed by atoms with Crippen LogP contribution in [-0.4, -0.2) is 37.2 Å². The van der Waals surface area contributed by atoms with Gasteiger partial charge in [-0.2, -0.15) is 0 Å². The lowest BCUT2D eigenvalue weighted by Crippen LogP contribution is -2.30. The first-order chi connectivity index (χ1) is 30.0. The molecule has 0 amide bonds. The van der Waals surface area contributed by atoms with Gasteiger partial charge in [0.15, 0.2) is 6.10 Å². The molecule has 344 valence electrons. The lowest BCUT2D eigenvalue weighted by molar-refractivity contribution is -0.167. The van der Waals surface area contributed by atoms with Crippen molar-refractivity contribution in [1.29, 1.82) is 0 Å². The van der Waals surface area contributed by atoms with E-state index in [1.165, 1.54) is 44.9 Å². The molecule has 0 aromatic carbocycles. The van der Waals surface area contributed by atoms with E-state index in [-0.39, 0.29) is 37.5 Å². The Morgan fingerprint density at radius 3 is 1.23 bits per heavy atom. The van der Waals surface area contributed by atoms with Crippen LogP contribution in [0, 0.1) is 0 Å². The molecule has 1 unspecified atom stereocenters. The number of carbonyl (C=O) groups excluding carboxylic acids is 3. The zero-order valence-corrected chi connectivity index (χ0v) is 39.1. The number of unbranched alkanes of at least 4 members (excludes halogenated alkanes) is 17. The summed E-state index contributed by atoms with van der Waals surface area (Å²) in [5, 5.41) is 0. The Kier molecular flexibility index (Phi) is 45.6. The molecule has 0 fully saturated rings. The second kappa shape index (κ2) is 48.7. The molecule has 0 aliphatic heterocycles. The summed E-state index contributed by atoms with van der Waals surface area (Å²) in [6.07, 6.45) is 65.0. The van der Waals surface area contributed by atoms with Gasteiger partial charge in [0.2, 0.25) is 0 Å². The van der Waals surface area contributed by atoms with Crippen molar-refractivity contribution in [2.24, 2.45) is 0 Å². The summed E-state index contributed by atoms with van der Waals surface area (Å²) in [4.78, 5) is 37.9. The fourth-order valence-electron chi connectivity index (χ4n) is 6.22. The van der Waals surface area contributed by atoms with Gasteiger partial charge in [0, 0.05) is 19.3 Å². The molecule has 1 atom stereocenters. The first kappa shape index (κ1) is 57.1. The average Bonchev–Trinajstić information content (AvgIpc) is 3.26. The summed E-state index contributed by atoms with van der Waals surface area (Å²) in [5.74, 6) is -1.01. The molecule has 6 nitrogen and oxygen atoms in total. The number of allylic oxidation sites excluding steroid dienone is 18. The number of carbonyl (C=O) groups is 3. The topological polar surface area (TPSA) is 78.9 Å². The highest BCUT2D eigenvalue weighted by atomic mass is 16.6. The summed E-state index contributed by atoms with van der Waals surface area (Å²) < 4.78 is 16.7. The van der Waals surface area contributed by atoms with Crippen molar-refractivity contribution in [3.63, 3.8) is 0 Å². The largest absolute Gasteiger partial charge is 0.462 e. The standard InChI is InChI=1S/C55H88O6/c1-4-7-10-13-16-19-22-25-27-28-31-33-36-39-42-45-48-54(57)60-51-52(50-59-53(56)47-44-41-38-35-32-29-24-21-18-15-12-9-6-3)61-55(58)49-46-43-40-37-34-30-26-23-20-17-14-11-8-5-2/h8-9,11-12,15,17-18,20-21,24,26-33,52H,4-7,10,13-14,16,19,22-23,25,34-51H2,1-3H3/b11-8+,12-9+,18-15+,20-17+,24-21+,28-27+,30-26+,32-29+,33-31+. The van der Waals surface area contributed by atoms with E-state index in [1.54, 1.807) is 0 Å². The van der Waals surface area contributed by atoms with Crippen LogP contribution in [0.3, 0.4) is 0 Å². The molecular weight excluding hydrogens is 757 g/mol. The molecule has 6 heteroatoms. The molecule has 0 aliphatic rings. The first-order valence-corrected chi connectivity index (χ1v) is 24.5. The third kappa shape index (κ3) is 47.0. The summed E-state index contributed by atoms with van der Waals surface area (Å²) >= 11 is 0. The molecule has 0 N–H and O–H groups in total. The summed E-state index contributed by atoms with van der Waals surface area (Å²) in [6.45, 7) is 6.28. The van der Waals surface area contributed by atoms with E-state index in [2.05, 4.69) is 93.7 Å². The van der Waals surface area contributed by atoms with Gasteiger partial charge in [0.1, 0.15) is 13.2 Å². The maximum Gasteiger partial charge on any atom is 0.306 e. The van der Waals surface area contributed by atoms with Crippen molar-refractivity contribution in [1.82, 2.24) is 0 Å². The Balaban J connectivity index is 4.54. The van der Waals surface area contributed by atoms with Crippen LogP contribution in [0.5, 0.6) is 0 Å². The van der Waals surface area contributed by atoms with Crippen molar-refractivity contribution in [2.75, 3.05) is 13.2 Å². The Morgan fingerprint density at radius 2 is 0.721 bits per heavy atom. The number of hydrogen-bond acceptors (Lipinski definition) is 6. The van der Waals surface area contributed by atoms with Gasteiger partial charge in [-0.05, 0) is 96.3 Å². The molecule has 0 radical (unpaired) electrons. The molecule has 61 heavy (non-hydrogen) atoms. The van der Waals surface area contributed by atoms with Gasteiger partial charge in [-0.25, -0.2) is 0 Å². The fourth-order valence-corrected chi connectivity index (χ4v) is 6.22. The molecule has 0 aromatic rings. The van der Waals surface area contributed by atoms with Crippen LogP contribution in [0.4, 0.5) is 0 Å². The Morgan fingerprint density at radius 1 is 0.361 bits per heavy atom. The van der Waals surface area contributed by atoms with E-state index in [0.29, 0.717) is 12.8 Å². The molecule has 0 aromatic heterocycles. The molecule has 0 saturated heterocycles. The quantitative estimate of drug-likeness (QED) is 0.0200. The van der Waals surface area contributed by atoms with Gasteiger partial charge in [-0.1, -0.05) is 194 Å². The molecule has 0 saturated carbocycles. The molecule has 0 spiro atoms. The minimum absolute atomic E-state index is 0.116. The zero-order valence-electron chi connectivity index (χ0n) is 39.1. The Labute approximate surface area is 374 Å². The van der Waals surface area contributed by atoms with Crippen LogP contribution in [-0.2, 0) is 28.6 Å². The number of rotatable bonds is 42. The predicted octanol–water partition coefficient (Wildman–Crippen LogP) is 16.0. The monoisotopic (exact) mass is 845 g/mol. The second-order valence-corrected chi connectivity index (χ2v) is 15.7. The van der Waals surface area contributed by atoms with Crippen molar-refractivity contribution in [2.45, 2.75) is 207 Å². The third-order valence-corrected chi connectivity index (χ3v) is 9.86. The molecule has 0 bridgehead atoms. The maximum atomic E-state index is 12.8.